The van der Waals surface area contributed by atoms with Crippen LogP contribution in [0.4, 0.5) is 0 Å². The smallest absolute Gasteiger partial charge is 0.267 e. The number of pyridine rings is 1. The van der Waals surface area contributed by atoms with E-state index < -0.39 is 15.9 Å². The van der Waals surface area contributed by atoms with Crippen molar-refractivity contribution in [1.82, 2.24) is 24.9 Å². The van der Waals surface area contributed by atoms with Gasteiger partial charge < -0.3 is 15.6 Å². The van der Waals surface area contributed by atoms with Crippen LogP contribution in [0.2, 0.25) is 0 Å². The van der Waals surface area contributed by atoms with Crippen molar-refractivity contribution < 1.29 is 18.0 Å². The second-order valence-corrected chi connectivity index (χ2v) is 9.57. The first kappa shape index (κ1) is 21.3. The number of carbonyl (C=O) groups is 2. The molecule has 2 amide bonds. The molecule has 0 aliphatic carbocycles. The van der Waals surface area contributed by atoms with Crippen molar-refractivity contribution in [2.45, 2.75) is 17.9 Å². The van der Waals surface area contributed by atoms with E-state index in [4.69, 9.17) is 0 Å². The van der Waals surface area contributed by atoms with Gasteiger partial charge in [0.25, 0.3) is 5.91 Å². The van der Waals surface area contributed by atoms with Gasteiger partial charge in [0.05, 0.1) is 0 Å². The highest BCUT2D eigenvalue weighted by Gasteiger charge is 2.27. The van der Waals surface area contributed by atoms with E-state index in [0.717, 1.165) is 17.1 Å². The normalized spacial score (nSPS) is 15.0. The van der Waals surface area contributed by atoms with E-state index in [1.165, 1.54) is 16.6 Å². The first-order valence-electron chi connectivity index (χ1n) is 9.17. The summed E-state index contributed by atoms with van der Waals surface area (Å²) in [6.45, 7) is 1.47. The van der Waals surface area contributed by atoms with Crippen LogP contribution in [0.1, 0.15) is 22.5 Å². The van der Waals surface area contributed by atoms with E-state index in [-0.39, 0.29) is 29.5 Å². The largest absolute Gasteiger partial charge is 0.356 e. The number of hydrogen-bond acceptors (Lipinski definition) is 6. The number of nitrogens with zero attached hydrogens (tertiary/aromatic N) is 2. The van der Waals surface area contributed by atoms with Crippen molar-refractivity contribution in [3.8, 4) is 0 Å². The molecule has 3 heterocycles. The summed E-state index contributed by atoms with van der Waals surface area (Å²) in [4.78, 5) is 30.8. The summed E-state index contributed by atoms with van der Waals surface area (Å²) < 4.78 is 26.7. The fourth-order valence-electron chi connectivity index (χ4n) is 2.76. The highest BCUT2D eigenvalue weighted by Crippen LogP contribution is 2.20. The highest BCUT2D eigenvalue weighted by atomic mass is 32.2. The predicted molar refractivity (Wildman–Crippen MR) is 110 cm³/mol. The van der Waals surface area contributed by atoms with Crippen LogP contribution in [-0.2, 0) is 21.4 Å². The van der Waals surface area contributed by atoms with Crippen LogP contribution in [0, 0.1) is 0 Å². The average molecular weight is 438 g/mol. The molecular formula is C18H23N5O4S2. The Morgan fingerprint density at radius 1 is 1.17 bits per heavy atom. The quantitative estimate of drug-likeness (QED) is 0.555. The molecule has 0 aromatic carbocycles. The van der Waals surface area contributed by atoms with Crippen molar-refractivity contribution in [2.24, 2.45) is 0 Å². The molecule has 3 rings (SSSR count). The van der Waals surface area contributed by atoms with Crippen molar-refractivity contribution in [1.29, 1.82) is 0 Å². The maximum atomic E-state index is 12.6. The lowest BCUT2D eigenvalue weighted by atomic mass is 10.2. The molecule has 3 N–H and O–H groups in total. The Morgan fingerprint density at radius 3 is 2.62 bits per heavy atom. The molecule has 2 aromatic heterocycles. The van der Waals surface area contributed by atoms with E-state index in [2.05, 4.69) is 20.6 Å². The number of thioether (sulfide) groups is 1. The van der Waals surface area contributed by atoms with Gasteiger partial charge in [-0.05, 0) is 23.8 Å². The molecule has 0 atom stereocenters. The summed E-state index contributed by atoms with van der Waals surface area (Å²) in [5.74, 6) is 0.878. The van der Waals surface area contributed by atoms with Crippen molar-refractivity contribution >= 4 is 33.6 Å². The summed E-state index contributed by atoms with van der Waals surface area (Å²) >= 11 is 1.72. The van der Waals surface area contributed by atoms with Gasteiger partial charge in [0.2, 0.25) is 15.9 Å². The Balaban J connectivity index is 1.46. The number of nitrogens with one attached hydrogen (secondary N) is 3. The lowest BCUT2D eigenvalue weighted by molar-refractivity contribution is -0.121. The fraction of sp³-hybridized carbons (Fsp3) is 0.389. The number of carbonyl (C=O) groups excluding carboxylic acids is 2. The molecule has 0 bridgehead atoms. The molecule has 1 saturated heterocycles. The van der Waals surface area contributed by atoms with Crippen LogP contribution in [0.5, 0.6) is 0 Å². The van der Waals surface area contributed by atoms with Crippen LogP contribution < -0.4 is 10.6 Å². The SMILES string of the molecule is O=C(CCNC(=O)c1cc(S(=O)(=O)N2CCSCC2)c[nH]1)NCc1ccncc1. The van der Waals surface area contributed by atoms with Gasteiger partial charge in [0.1, 0.15) is 10.6 Å². The molecule has 0 unspecified atom stereocenters. The van der Waals surface area contributed by atoms with E-state index in [1.807, 2.05) is 12.1 Å². The molecule has 156 valence electrons. The molecule has 0 spiro atoms. The standard InChI is InChI=1S/C18H23N5O4S2/c24-17(22-12-14-1-4-19-5-2-14)3-6-20-18(25)16-11-15(13-21-16)29(26,27)23-7-9-28-10-8-23/h1-2,4-5,11,13,21H,3,6-10,12H2,(H,20,25)(H,22,24). The molecule has 0 saturated carbocycles. The zero-order chi connectivity index (χ0) is 20.7. The Morgan fingerprint density at radius 2 is 1.90 bits per heavy atom. The first-order chi connectivity index (χ1) is 14.0. The number of rotatable bonds is 8. The van der Waals surface area contributed by atoms with Crippen LogP contribution in [0.15, 0.2) is 41.7 Å². The molecule has 1 fully saturated rings. The maximum absolute atomic E-state index is 12.6. The molecule has 1 aliphatic heterocycles. The third kappa shape index (κ3) is 5.81. The minimum Gasteiger partial charge on any atom is -0.356 e. The molecule has 0 radical (unpaired) electrons. The molecular weight excluding hydrogens is 414 g/mol. The second-order valence-electron chi connectivity index (χ2n) is 6.40. The van der Waals surface area contributed by atoms with E-state index >= 15 is 0 Å². The number of aromatic nitrogens is 2. The monoisotopic (exact) mass is 437 g/mol. The molecule has 2 aromatic rings. The summed E-state index contributed by atoms with van der Waals surface area (Å²) in [7, 11) is -3.60. The van der Waals surface area contributed by atoms with Crippen LogP contribution >= 0.6 is 11.8 Å². The first-order valence-corrected chi connectivity index (χ1v) is 11.8. The van der Waals surface area contributed by atoms with Gasteiger partial charge in [-0.2, -0.15) is 16.1 Å². The number of hydrogen-bond donors (Lipinski definition) is 3. The van der Waals surface area contributed by atoms with Crippen molar-refractivity contribution in [3.05, 3.63) is 48.0 Å². The fourth-order valence-corrected chi connectivity index (χ4v) is 5.34. The second kappa shape index (κ2) is 9.90. The highest BCUT2D eigenvalue weighted by molar-refractivity contribution is 7.99. The van der Waals surface area contributed by atoms with Gasteiger partial charge in [-0.3, -0.25) is 14.6 Å². The third-order valence-electron chi connectivity index (χ3n) is 4.39. The Labute approximate surface area is 173 Å². The van der Waals surface area contributed by atoms with Gasteiger partial charge in [0, 0.05) is 62.7 Å². The van der Waals surface area contributed by atoms with Gasteiger partial charge in [-0.15, -0.1) is 0 Å². The Bertz CT molecular complexity index is 940. The maximum Gasteiger partial charge on any atom is 0.267 e. The van der Waals surface area contributed by atoms with Crippen LogP contribution in [0.25, 0.3) is 0 Å². The summed E-state index contributed by atoms with van der Waals surface area (Å²) in [5, 5.41) is 5.38. The van der Waals surface area contributed by atoms with Crippen LogP contribution in [0.3, 0.4) is 0 Å². The van der Waals surface area contributed by atoms with E-state index in [9.17, 15) is 18.0 Å². The average Bonchev–Trinajstić information content (AvgIpc) is 3.25. The van der Waals surface area contributed by atoms with E-state index in [1.54, 1.807) is 24.2 Å². The van der Waals surface area contributed by atoms with Gasteiger partial charge in [-0.25, -0.2) is 8.42 Å². The minimum absolute atomic E-state index is 0.0737. The number of aromatic amines is 1. The molecule has 1 aliphatic rings. The van der Waals surface area contributed by atoms with Crippen molar-refractivity contribution in [3.63, 3.8) is 0 Å². The number of sulfonamides is 1. The van der Waals surface area contributed by atoms with Crippen molar-refractivity contribution in [2.75, 3.05) is 31.1 Å². The van der Waals surface area contributed by atoms with Gasteiger partial charge >= 0.3 is 0 Å². The van der Waals surface area contributed by atoms with Crippen LogP contribution in [-0.4, -0.2) is 65.6 Å². The zero-order valence-electron chi connectivity index (χ0n) is 15.8. The summed E-state index contributed by atoms with van der Waals surface area (Å²) in [6.07, 6.45) is 4.75. The van der Waals surface area contributed by atoms with E-state index in [0.29, 0.717) is 19.6 Å². The van der Waals surface area contributed by atoms with Gasteiger partial charge in [0.15, 0.2) is 0 Å². The Hall–Kier alpha value is -2.37. The summed E-state index contributed by atoms with van der Waals surface area (Å²) in [6, 6.07) is 4.94. The molecule has 11 heteroatoms. The lowest BCUT2D eigenvalue weighted by Crippen LogP contribution is -2.37. The zero-order valence-corrected chi connectivity index (χ0v) is 17.4. The lowest BCUT2D eigenvalue weighted by Gasteiger charge is -2.24. The minimum atomic E-state index is -3.60. The number of amides is 2. The molecule has 9 nitrogen and oxygen atoms in total. The molecule has 29 heavy (non-hydrogen) atoms. The number of H-pyrrole nitrogens is 1. The Kier molecular flexibility index (Phi) is 7.29. The third-order valence-corrected chi connectivity index (χ3v) is 7.20. The van der Waals surface area contributed by atoms with Gasteiger partial charge in [-0.1, -0.05) is 0 Å². The summed E-state index contributed by atoms with van der Waals surface area (Å²) in [5.41, 5.74) is 1.08. The topological polar surface area (TPSA) is 124 Å². The predicted octanol–water partition coefficient (Wildman–Crippen LogP) is 0.584.